The van der Waals surface area contributed by atoms with Crippen molar-refractivity contribution in [3.05, 3.63) is 0 Å². The van der Waals surface area contributed by atoms with Gasteiger partial charge < -0.3 is 15.4 Å². The van der Waals surface area contributed by atoms with Gasteiger partial charge >= 0.3 is 0 Å². The van der Waals surface area contributed by atoms with Crippen LogP contribution in [0, 0.1) is 5.92 Å². The first kappa shape index (κ1) is 15.4. The molecule has 1 heterocycles. The Morgan fingerprint density at radius 1 is 1.44 bits per heavy atom. The van der Waals surface area contributed by atoms with Gasteiger partial charge in [-0.2, -0.15) is 0 Å². The molecule has 1 aliphatic rings. The predicted molar refractivity (Wildman–Crippen MR) is 73.3 cm³/mol. The van der Waals surface area contributed by atoms with Crippen LogP contribution in [-0.2, 0) is 9.53 Å². The molecule has 1 amide bonds. The zero-order chi connectivity index (χ0) is 13.6. The summed E-state index contributed by atoms with van der Waals surface area (Å²) < 4.78 is 5.44. The van der Waals surface area contributed by atoms with Gasteiger partial charge in [-0.25, -0.2) is 0 Å². The van der Waals surface area contributed by atoms with E-state index in [4.69, 9.17) is 10.5 Å². The number of nitrogens with zero attached hydrogens (tertiary/aromatic N) is 1. The smallest absolute Gasteiger partial charge is 0.223 e. The Balaban J connectivity index is 2.44. The molecule has 4 heteroatoms. The molecule has 2 N–H and O–H groups in total. The average molecular weight is 256 g/mol. The molecule has 0 aromatic rings. The van der Waals surface area contributed by atoms with Gasteiger partial charge in [-0.15, -0.1) is 0 Å². The molecular formula is C14H28N2O2. The van der Waals surface area contributed by atoms with Crippen molar-refractivity contribution in [2.45, 2.75) is 52.0 Å². The number of amides is 1. The van der Waals surface area contributed by atoms with E-state index in [2.05, 4.69) is 20.8 Å². The summed E-state index contributed by atoms with van der Waals surface area (Å²) in [6, 6.07) is 0. The van der Waals surface area contributed by atoms with E-state index in [9.17, 15) is 4.79 Å². The Labute approximate surface area is 111 Å². The van der Waals surface area contributed by atoms with E-state index >= 15 is 0 Å². The fourth-order valence-electron chi connectivity index (χ4n) is 2.57. The molecule has 0 radical (unpaired) electrons. The van der Waals surface area contributed by atoms with E-state index in [-0.39, 0.29) is 11.4 Å². The number of hydrogen-bond donors (Lipinski definition) is 1. The normalized spacial score (nSPS) is 20.8. The molecule has 1 aliphatic heterocycles. The molecule has 1 fully saturated rings. The summed E-state index contributed by atoms with van der Waals surface area (Å²) in [5.41, 5.74) is 5.42. The molecule has 0 aromatic carbocycles. The first-order valence-electron chi connectivity index (χ1n) is 7.09. The monoisotopic (exact) mass is 256 g/mol. The van der Waals surface area contributed by atoms with Crippen LogP contribution in [0.2, 0.25) is 0 Å². The highest BCUT2D eigenvalue weighted by molar-refractivity contribution is 5.77. The van der Waals surface area contributed by atoms with Crippen LogP contribution in [0.1, 0.15) is 46.5 Å². The SMILES string of the molecule is CCC(CCN)CCC(=O)N1CCOCC1(C)C. The molecule has 4 nitrogen and oxygen atoms in total. The van der Waals surface area contributed by atoms with Crippen LogP contribution in [0.25, 0.3) is 0 Å². The third kappa shape index (κ3) is 4.25. The molecule has 18 heavy (non-hydrogen) atoms. The van der Waals surface area contributed by atoms with Gasteiger partial charge in [0, 0.05) is 13.0 Å². The predicted octanol–water partition coefficient (Wildman–Crippen LogP) is 1.78. The summed E-state index contributed by atoms with van der Waals surface area (Å²) in [7, 11) is 0. The van der Waals surface area contributed by atoms with Crippen LogP contribution >= 0.6 is 0 Å². The molecule has 106 valence electrons. The first-order valence-corrected chi connectivity index (χ1v) is 7.09. The molecule has 0 bridgehead atoms. The van der Waals surface area contributed by atoms with E-state index < -0.39 is 0 Å². The Morgan fingerprint density at radius 3 is 2.72 bits per heavy atom. The number of carbonyl (C=O) groups is 1. The number of hydrogen-bond acceptors (Lipinski definition) is 3. The average Bonchev–Trinajstić information content (AvgIpc) is 2.33. The minimum absolute atomic E-state index is 0.162. The Bertz CT molecular complexity index is 267. The summed E-state index contributed by atoms with van der Waals surface area (Å²) in [5, 5.41) is 0. The van der Waals surface area contributed by atoms with Crippen molar-refractivity contribution in [3.8, 4) is 0 Å². The number of morpholine rings is 1. The summed E-state index contributed by atoms with van der Waals surface area (Å²) in [4.78, 5) is 14.3. The zero-order valence-electron chi connectivity index (χ0n) is 12.1. The second-order valence-corrected chi connectivity index (χ2v) is 5.80. The number of nitrogens with two attached hydrogens (primary N) is 1. The van der Waals surface area contributed by atoms with Gasteiger partial charge in [0.2, 0.25) is 5.91 Å². The lowest BCUT2D eigenvalue weighted by Crippen LogP contribution is -2.55. The van der Waals surface area contributed by atoms with E-state index in [1.807, 2.05) is 4.90 Å². The van der Waals surface area contributed by atoms with E-state index in [1.54, 1.807) is 0 Å². The third-order valence-corrected chi connectivity index (χ3v) is 3.86. The molecular weight excluding hydrogens is 228 g/mol. The molecule has 0 aliphatic carbocycles. The fraction of sp³-hybridized carbons (Fsp3) is 0.929. The highest BCUT2D eigenvalue weighted by Crippen LogP contribution is 2.22. The lowest BCUT2D eigenvalue weighted by molar-refractivity contribution is -0.146. The number of rotatable bonds is 6. The maximum atomic E-state index is 12.3. The second-order valence-electron chi connectivity index (χ2n) is 5.80. The van der Waals surface area contributed by atoms with Crippen molar-refractivity contribution in [2.75, 3.05) is 26.3 Å². The van der Waals surface area contributed by atoms with Crippen molar-refractivity contribution < 1.29 is 9.53 Å². The van der Waals surface area contributed by atoms with Crippen LogP contribution in [0.15, 0.2) is 0 Å². The Hall–Kier alpha value is -0.610. The molecule has 0 spiro atoms. The van der Waals surface area contributed by atoms with E-state index in [0.29, 0.717) is 25.6 Å². The van der Waals surface area contributed by atoms with Crippen molar-refractivity contribution in [1.82, 2.24) is 4.90 Å². The molecule has 0 saturated carbocycles. The molecule has 1 atom stereocenters. The van der Waals surface area contributed by atoms with Gasteiger partial charge in [0.15, 0.2) is 0 Å². The van der Waals surface area contributed by atoms with Gasteiger partial charge in [-0.1, -0.05) is 13.3 Å². The van der Waals surface area contributed by atoms with Crippen LogP contribution in [0.3, 0.4) is 0 Å². The van der Waals surface area contributed by atoms with E-state index in [0.717, 1.165) is 32.4 Å². The highest BCUT2D eigenvalue weighted by atomic mass is 16.5. The second kappa shape index (κ2) is 7.10. The van der Waals surface area contributed by atoms with E-state index in [1.165, 1.54) is 0 Å². The maximum Gasteiger partial charge on any atom is 0.223 e. The summed E-state index contributed by atoms with van der Waals surface area (Å²) in [5.74, 6) is 0.849. The van der Waals surface area contributed by atoms with Crippen LogP contribution in [0.5, 0.6) is 0 Å². The van der Waals surface area contributed by atoms with Gasteiger partial charge in [-0.05, 0) is 39.2 Å². The molecule has 0 aromatic heterocycles. The maximum absolute atomic E-state index is 12.3. The van der Waals surface area contributed by atoms with Gasteiger partial charge in [-0.3, -0.25) is 4.79 Å². The lowest BCUT2D eigenvalue weighted by atomic mass is 9.95. The first-order chi connectivity index (χ1) is 8.51. The number of carbonyl (C=O) groups excluding carboxylic acids is 1. The minimum atomic E-state index is -0.162. The largest absolute Gasteiger partial charge is 0.377 e. The van der Waals surface area contributed by atoms with Gasteiger partial charge in [0.25, 0.3) is 0 Å². The summed E-state index contributed by atoms with van der Waals surface area (Å²) in [6.07, 6.45) is 3.73. The lowest BCUT2D eigenvalue weighted by Gasteiger charge is -2.42. The quantitative estimate of drug-likeness (QED) is 0.788. The minimum Gasteiger partial charge on any atom is -0.377 e. The molecule has 1 saturated heterocycles. The Kier molecular flexibility index (Phi) is 6.09. The highest BCUT2D eigenvalue weighted by Gasteiger charge is 2.33. The summed E-state index contributed by atoms with van der Waals surface area (Å²) in [6.45, 7) is 9.05. The summed E-state index contributed by atoms with van der Waals surface area (Å²) >= 11 is 0. The van der Waals surface area contributed by atoms with Crippen molar-refractivity contribution in [1.29, 1.82) is 0 Å². The topological polar surface area (TPSA) is 55.6 Å². The molecule has 1 unspecified atom stereocenters. The fourth-order valence-corrected chi connectivity index (χ4v) is 2.57. The van der Waals surface area contributed by atoms with Crippen LogP contribution in [-0.4, -0.2) is 42.6 Å². The Morgan fingerprint density at radius 2 is 2.17 bits per heavy atom. The van der Waals surface area contributed by atoms with Crippen molar-refractivity contribution >= 4 is 5.91 Å². The van der Waals surface area contributed by atoms with Gasteiger partial charge in [0.1, 0.15) is 0 Å². The standard InChI is InChI=1S/C14H28N2O2/c1-4-12(7-8-15)5-6-13(17)16-9-10-18-11-14(16,2)3/h12H,4-11,15H2,1-3H3. The molecule has 1 rings (SSSR count). The van der Waals surface area contributed by atoms with Crippen LogP contribution < -0.4 is 5.73 Å². The number of ether oxygens (including phenoxy) is 1. The van der Waals surface area contributed by atoms with Crippen LogP contribution in [0.4, 0.5) is 0 Å². The van der Waals surface area contributed by atoms with Gasteiger partial charge in [0.05, 0.1) is 18.8 Å². The third-order valence-electron chi connectivity index (χ3n) is 3.86. The van der Waals surface area contributed by atoms with Crippen molar-refractivity contribution in [3.63, 3.8) is 0 Å². The van der Waals surface area contributed by atoms with Crippen molar-refractivity contribution in [2.24, 2.45) is 11.7 Å². The zero-order valence-corrected chi connectivity index (χ0v) is 12.1.